The Hall–Kier alpha value is -4.71. The van der Waals surface area contributed by atoms with Crippen LogP contribution in [0.5, 0.6) is 0 Å². The summed E-state index contributed by atoms with van der Waals surface area (Å²) in [5, 5.41) is 6.70. The molecule has 1 unspecified atom stereocenters. The summed E-state index contributed by atoms with van der Waals surface area (Å²) in [5.41, 5.74) is 5.60. The van der Waals surface area contributed by atoms with Gasteiger partial charge in [-0.2, -0.15) is 0 Å². The van der Waals surface area contributed by atoms with Gasteiger partial charge in [0, 0.05) is 22.5 Å². The Kier molecular flexibility index (Phi) is 8.73. The predicted octanol–water partition coefficient (Wildman–Crippen LogP) is 9.01. The molecule has 44 heavy (non-hydrogen) atoms. The first-order chi connectivity index (χ1) is 21.0. The van der Waals surface area contributed by atoms with E-state index < -0.39 is 5.41 Å². The fraction of sp³-hybridized carbons (Fsp3) is 0.289. The fourth-order valence-electron chi connectivity index (χ4n) is 5.78. The van der Waals surface area contributed by atoms with Gasteiger partial charge >= 0.3 is 5.97 Å². The zero-order chi connectivity index (χ0) is 31.6. The molecule has 1 atom stereocenters. The summed E-state index contributed by atoms with van der Waals surface area (Å²) in [6, 6.07) is 26.0. The number of hydrogen-bond acceptors (Lipinski definition) is 6. The van der Waals surface area contributed by atoms with Crippen LogP contribution in [0, 0.1) is 24.2 Å². The molecule has 0 radical (unpaired) electrons. The van der Waals surface area contributed by atoms with Gasteiger partial charge in [0.2, 0.25) is 0 Å². The third-order valence-corrected chi connectivity index (χ3v) is 8.58. The van der Waals surface area contributed by atoms with Crippen molar-refractivity contribution in [1.82, 2.24) is 0 Å². The monoisotopic (exact) mass is 588 g/mol. The van der Waals surface area contributed by atoms with Crippen LogP contribution in [0.15, 0.2) is 84.9 Å². The van der Waals surface area contributed by atoms with Gasteiger partial charge in [0.1, 0.15) is 6.61 Å². The maximum Gasteiger partial charge on any atom is 0.312 e. The smallest absolute Gasteiger partial charge is 0.312 e. The Balaban J connectivity index is 1.40. The van der Waals surface area contributed by atoms with Gasteiger partial charge in [0.15, 0.2) is 11.6 Å². The van der Waals surface area contributed by atoms with E-state index in [-0.39, 0.29) is 30.1 Å². The summed E-state index contributed by atoms with van der Waals surface area (Å²) < 4.78 is 5.77. The van der Waals surface area contributed by atoms with Gasteiger partial charge in [-0.15, -0.1) is 0 Å². The standard InChI is InChI=1S/C38H40N2O4/c1-23(2)21-38(6,24(3)4)37(43)44-22-26-13-17-28(18-14-26)40-32-20-19-31(39-27-15-11-25(5)12-16-27)33-34(32)36(42)30-10-8-7-9-29(30)35(33)41/h7-20,23-24,39-40H,21-22H2,1-6H3. The molecule has 2 N–H and O–H groups in total. The number of esters is 1. The fourth-order valence-corrected chi connectivity index (χ4v) is 5.78. The molecule has 5 rings (SSSR count). The summed E-state index contributed by atoms with van der Waals surface area (Å²) in [4.78, 5) is 40.7. The first kappa shape index (κ1) is 30.7. The van der Waals surface area contributed by atoms with Crippen LogP contribution in [0.2, 0.25) is 0 Å². The second-order valence-electron chi connectivity index (χ2n) is 12.7. The van der Waals surface area contributed by atoms with E-state index in [1.165, 1.54) is 0 Å². The molecule has 1 aliphatic carbocycles. The van der Waals surface area contributed by atoms with Crippen molar-refractivity contribution in [3.8, 4) is 0 Å². The maximum atomic E-state index is 13.8. The molecular formula is C38H40N2O4. The molecule has 4 aromatic carbocycles. The third kappa shape index (κ3) is 6.16. The molecule has 0 bridgehead atoms. The van der Waals surface area contributed by atoms with Crippen molar-refractivity contribution in [3.05, 3.63) is 118 Å². The molecule has 4 aromatic rings. The van der Waals surface area contributed by atoms with Crippen molar-refractivity contribution in [2.45, 2.75) is 54.6 Å². The molecule has 0 saturated heterocycles. The van der Waals surface area contributed by atoms with E-state index in [0.717, 1.165) is 28.9 Å². The molecule has 6 heteroatoms. The summed E-state index contributed by atoms with van der Waals surface area (Å²) in [7, 11) is 0. The Morgan fingerprint density at radius 2 is 1.20 bits per heavy atom. The maximum absolute atomic E-state index is 13.8. The molecular weight excluding hydrogens is 548 g/mol. The minimum Gasteiger partial charge on any atom is -0.460 e. The van der Waals surface area contributed by atoms with Crippen LogP contribution in [0.4, 0.5) is 22.7 Å². The van der Waals surface area contributed by atoms with E-state index in [1.54, 1.807) is 24.3 Å². The molecule has 0 saturated carbocycles. The van der Waals surface area contributed by atoms with Gasteiger partial charge in [0.05, 0.1) is 27.9 Å². The van der Waals surface area contributed by atoms with Crippen molar-refractivity contribution < 1.29 is 19.1 Å². The summed E-state index contributed by atoms with van der Waals surface area (Å²) in [6.07, 6.45) is 0.766. The number of nitrogens with one attached hydrogen (secondary N) is 2. The van der Waals surface area contributed by atoms with E-state index in [4.69, 9.17) is 4.74 Å². The number of carbonyl (C=O) groups excluding carboxylic acids is 3. The highest BCUT2D eigenvalue weighted by Crippen LogP contribution is 2.39. The number of rotatable bonds is 10. The van der Waals surface area contributed by atoms with Crippen LogP contribution in [0.3, 0.4) is 0 Å². The third-order valence-electron chi connectivity index (χ3n) is 8.58. The topological polar surface area (TPSA) is 84.5 Å². The molecule has 0 spiro atoms. The average molecular weight is 589 g/mol. The second kappa shape index (κ2) is 12.5. The lowest BCUT2D eigenvalue weighted by Crippen LogP contribution is -2.36. The molecule has 0 heterocycles. The minimum absolute atomic E-state index is 0.162. The van der Waals surface area contributed by atoms with Crippen LogP contribution in [-0.4, -0.2) is 17.5 Å². The highest BCUT2D eigenvalue weighted by atomic mass is 16.5. The molecule has 0 amide bonds. The quantitative estimate of drug-likeness (QED) is 0.158. The second-order valence-corrected chi connectivity index (χ2v) is 12.7. The van der Waals surface area contributed by atoms with Crippen LogP contribution in [-0.2, 0) is 16.1 Å². The molecule has 1 aliphatic rings. The summed E-state index contributed by atoms with van der Waals surface area (Å²) in [6.45, 7) is 12.5. The molecule has 0 aromatic heterocycles. The number of ether oxygens (including phenoxy) is 1. The van der Waals surface area contributed by atoms with Gasteiger partial charge < -0.3 is 15.4 Å². The molecule has 6 nitrogen and oxygen atoms in total. The number of aryl methyl sites for hydroxylation is 1. The zero-order valence-electron chi connectivity index (χ0n) is 26.3. The van der Waals surface area contributed by atoms with Gasteiger partial charge in [-0.1, -0.05) is 81.8 Å². The predicted molar refractivity (Wildman–Crippen MR) is 176 cm³/mol. The Morgan fingerprint density at radius 1 is 0.727 bits per heavy atom. The van der Waals surface area contributed by atoms with Crippen molar-refractivity contribution in [2.75, 3.05) is 10.6 Å². The SMILES string of the molecule is Cc1ccc(Nc2ccc(Nc3ccc(COC(=O)C(C)(CC(C)C)C(C)C)cc3)c3c2C(=O)c2ccccc2C3=O)cc1. The number of benzene rings is 4. The number of carbonyl (C=O) groups is 3. The molecule has 226 valence electrons. The highest BCUT2D eigenvalue weighted by molar-refractivity contribution is 6.32. The van der Waals surface area contributed by atoms with Gasteiger partial charge in [-0.25, -0.2) is 0 Å². The molecule has 0 aliphatic heterocycles. The Bertz CT molecular complexity index is 1700. The minimum atomic E-state index is -0.544. The van der Waals surface area contributed by atoms with Gasteiger partial charge in [-0.05, 0) is 74.1 Å². The van der Waals surface area contributed by atoms with Crippen molar-refractivity contribution in [3.63, 3.8) is 0 Å². The van der Waals surface area contributed by atoms with Gasteiger partial charge in [-0.3, -0.25) is 14.4 Å². The number of anilines is 4. The van der Waals surface area contributed by atoms with E-state index in [2.05, 4.69) is 38.3 Å². The first-order valence-electron chi connectivity index (χ1n) is 15.2. The van der Waals surface area contributed by atoms with Gasteiger partial charge in [0.25, 0.3) is 0 Å². The average Bonchev–Trinajstić information content (AvgIpc) is 3.00. The van der Waals surface area contributed by atoms with E-state index in [0.29, 0.717) is 39.5 Å². The van der Waals surface area contributed by atoms with Crippen LogP contribution < -0.4 is 10.6 Å². The number of ketones is 2. The Labute approximate surface area is 259 Å². The van der Waals surface area contributed by atoms with Crippen molar-refractivity contribution >= 4 is 40.3 Å². The van der Waals surface area contributed by atoms with E-state index >= 15 is 0 Å². The largest absolute Gasteiger partial charge is 0.460 e. The lowest BCUT2D eigenvalue weighted by molar-refractivity contribution is -0.160. The Morgan fingerprint density at radius 3 is 1.66 bits per heavy atom. The first-order valence-corrected chi connectivity index (χ1v) is 15.2. The highest BCUT2D eigenvalue weighted by Gasteiger charge is 2.39. The van der Waals surface area contributed by atoms with E-state index in [9.17, 15) is 14.4 Å². The normalized spacial score (nSPS) is 13.7. The summed E-state index contributed by atoms with van der Waals surface area (Å²) >= 11 is 0. The number of fused-ring (bicyclic) bond motifs is 2. The van der Waals surface area contributed by atoms with Crippen LogP contribution in [0.25, 0.3) is 0 Å². The van der Waals surface area contributed by atoms with E-state index in [1.807, 2.05) is 74.5 Å². The van der Waals surface area contributed by atoms with Crippen molar-refractivity contribution in [1.29, 1.82) is 0 Å². The lowest BCUT2D eigenvalue weighted by atomic mass is 9.73. The molecule has 0 fully saturated rings. The van der Waals surface area contributed by atoms with Crippen LogP contribution in [0.1, 0.15) is 84.0 Å². The summed E-state index contributed by atoms with van der Waals surface area (Å²) in [5.74, 6) is -0.0400. The zero-order valence-corrected chi connectivity index (χ0v) is 26.3. The lowest BCUT2D eigenvalue weighted by Gasteiger charge is -2.32. The number of hydrogen-bond donors (Lipinski definition) is 2. The van der Waals surface area contributed by atoms with Crippen molar-refractivity contribution in [2.24, 2.45) is 17.3 Å². The van der Waals surface area contributed by atoms with Crippen LogP contribution >= 0.6 is 0 Å².